The van der Waals surface area contributed by atoms with E-state index < -0.39 is 5.82 Å². The molecule has 2 aliphatic rings. The molecule has 1 saturated heterocycles. The summed E-state index contributed by atoms with van der Waals surface area (Å²) in [5.74, 6) is -0.432. The molecular formula is C23H25ClFN5O3. The Hall–Kier alpha value is -2.75. The maximum absolute atomic E-state index is 14.0. The molecule has 0 aliphatic carbocycles. The average Bonchev–Trinajstić information content (AvgIpc) is 3.48. The molecule has 33 heavy (non-hydrogen) atoms. The number of rotatable bonds is 5. The van der Waals surface area contributed by atoms with E-state index in [9.17, 15) is 9.18 Å². The number of nitrogens with zero attached hydrogens (tertiary/aromatic N) is 4. The number of carbonyl (C=O) groups is 1. The van der Waals surface area contributed by atoms with E-state index in [1.807, 2.05) is 13.8 Å². The van der Waals surface area contributed by atoms with Gasteiger partial charge in [-0.25, -0.2) is 13.9 Å². The van der Waals surface area contributed by atoms with E-state index in [2.05, 4.69) is 15.4 Å². The highest BCUT2D eigenvalue weighted by Crippen LogP contribution is 2.32. The zero-order chi connectivity index (χ0) is 23.3. The minimum absolute atomic E-state index is 0.168. The largest absolute Gasteiger partial charge is 0.488 e. The van der Waals surface area contributed by atoms with Gasteiger partial charge < -0.3 is 19.7 Å². The van der Waals surface area contributed by atoms with E-state index in [1.54, 1.807) is 16.5 Å². The molecule has 4 heterocycles. The number of nitrogens with one attached hydrogen (secondary N) is 1. The molecule has 5 rings (SSSR count). The third-order valence-corrected chi connectivity index (χ3v) is 6.81. The molecule has 0 radical (unpaired) electrons. The highest BCUT2D eigenvalue weighted by Gasteiger charge is 2.33. The molecule has 2 aromatic heterocycles. The lowest BCUT2D eigenvalue weighted by Gasteiger charge is -2.20. The molecule has 0 saturated carbocycles. The molecule has 1 fully saturated rings. The Bertz CT molecular complexity index is 1250. The molecule has 8 nitrogen and oxygen atoms in total. The number of carbonyl (C=O) groups excluding carboxylic acids is 1. The summed E-state index contributed by atoms with van der Waals surface area (Å²) in [6.45, 7) is 5.63. The molecule has 1 amide bonds. The summed E-state index contributed by atoms with van der Waals surface area (Å²) in [5, 5.41) is 8.53. The van der Waals surface area contributed by atoms with E-state index in [4.69, 9.17) is 21.1 Å². The van der Waals surface area contributed by atoms with E-state index in [0.717, 1.165) is 29.1 Å². The molecule has 174 valence electrons. The molecule has 3 aromatic rings. The van der Waals surface area contributed by atoms with Gasteiger partial charge in [-0.3, -0.25) is 4.79 Å². The predicted molar refractivity (Wildman–Crippen MR) is 120 cm³/mol. The summed E-state index contributed by atoms with van der Waals surface area (Å²) < 4.78 is 27.0. The number of ether oxygens (including phenoxy) is 2. The summed E-state index contributed by atoms with van der Waals surface area (Å²) >= 11 is 6.32. The van der Waals surface area contributed by atoms with Crippen LogP contribution in [0.15, 0.2) is 18.2 Å². The lowest BCUT2D eigenvalue weighted by Crippen LogP contribution is -2.28. The van der Waals surface area contributed by atoms with Crippen LogP contribution in [0.25, 0.3) is 5.65 Å². The number of hydrogen-bond acceptors (Lipinski definition) is 6. The lowest BCUT2D eigenvalue weighted by molar-refractivity contribution is 0.0742. The quantitative estimate of drug-likeness (QED) is 0.613. The highest BCUT2D eigenvalue weighted by atomic mass is 35.5. The van der Waals surface area contributed by atoms with Gasteiger partial charge in [-0.05, 0) is 26.0 Å². The van der Waals surface area contributed by atoms with Crippen molar-refractivity contribution >= 4 is 23.2 Å². The van der Waals surface area contributed by atoms with Crippen molar-refractivity contribution in [1.29, 1.82) is 0 Å². The maximum atomic E-state index is 14.0. The van der Waals surface area contributed by atoms with Crippen LogP contribution >= 0.6 is 11.6 Å². The van der Waals surface area contributed by atoms with Gasteiger partial charge >= 0.3 is 0 Å². The van der Waals surface area contributed by atoms with Crippen LogP contribution in [-0.4, -0.2) is 57.8 Å². The molecular weight excluding hydrogens is 449 g/mol. The standard InChI is InChI=1S/C23H25ClFN5O3/c1-12-21(24)13(2)30-22(27-12)18-9-29(10-19(18)28-30)23(31)17-5-4-14(25)6-20(17)33-16-7-15(11-32-3)26-8-16/h4-6,15-16,26H,7-11H2,1-3H3/t15-,16-/m0/s1. The molecule has 0 unspecified atom stereocenters. The van der Waals surface area contributed by atoms with Crippen LogP contribution in [0.1, 0.15) is 39.4 Å². The average molecular weight is 474 g/mol. The van der Waals surface area contributed by atoms with Crippen LogP contribution in [0.5, 0.6) is 5.75 Å². The van der Waals surface area contributed by atoms with Gasteiger partial charge in [0.05, 0.1) is 47.4 Å². The Kier molecular flexibility index (Phi) is 5.72. The molecule has 1 N–H and O–H groups in total. The van der Waals surface area contributed by atoms with Crippen molar-refractivity contribution in [2.45, 2.75) is 45.5 Å². The fourth-order valence-electron chi connectivity index (χ4n) is 4.58. The lowest BCUT2D eigenvalue weighted by atomic mass is 10.1. The predicted octanol–water partition coefficient (Wildman–Crippen LogP) is 3.05. The zero-order valence-electron chi connectivity index (χ0n) is 18.7. The maximum Gasteiger partial charge on any atom is 0.258 e. The normalized spacial score (nSPS) is 20.0. The number of amides is 1. The summed E-state index contributed by atoms with van der Waals surface area (Å²) in [4.78, 5) is 19.7. The molecule has 0 bridgehead atoms. The third-order valence-electron chi connectivity index (χ3n) is 6.26. The summed E-state index contributed by atoms with van der Waals surface area (Å²) in [6.07, 6.45) is 0.551. The van der Waals surface area contributed by atoms with Gasteiger partial charge in [0, 0.05) is 37.7 Å². The van der Waals surface area contributed by atoms with Crippen LogP contribution in [0.3, 0.4) is 0 Å². The summed E-state index contributed by atoms with van der Waals surface area (Å²) in [6, 6.07) is 4.21. The van der Waals surface area contributed by atoms with Crippen LogP contribution in [-0.2, 0) is 17.8 Å². The number of benzene rings is 1. The summed E-state index contributed by atoms with van der Waals surface area (Å²) in [7, 11) is 1.65. The number of halogens is 2. The van der Waals surface area contributed by atoms with Crippen LogP contribution in [0, 0.1) is 19.7 Å². The number of hydrogen-bond donors (Lipinski definition) is 1. The van der Waals surface area contributed by atoms with Crippen molar-refractivity contribution in [1.82, 2.24) is 24.8 Å². The second kappa shape index (κ2) is 8.55. The van der Waals surface area contributed by atoms with Crippen LogP contribution in [0.4, 0.5) is 4.39 Å². The fraction of sp³-hybridized carbons (Fsp3) is 0.435. The minimum Gasteiger partial charge on any atom is -0.488 e. The van der Waals surface area contributed by atoms with Crippen molar-refractivity contribution in [2.24, 2.45) is 0 Å². The van der Waals surface area contributed by atoms with E-state index >= 15 is 0 Å². The van der Waals surface area contributed by atoms with E-state index in [1.165, 1.54) is 18.2 Å². The first-order valence-electron chi connectivity index (χ1n) is 10.9. The first-order chi connectivity index (χ1) is 15.9. The zero-order valence-corrected chi connectivity index (χ0v) is 19.4. The van der Waals surface area contributed by atoms with Crippen LogP contribution < -0.4 is 10.1 Å². The molecule has 10 heteroatoms. The minimum atomic E-state index is -0.449. The monoisotopic (exact) mass is 473 g/mol. The fourth-order valence-corrected chi connectivity index (χ4v) is 4.70. The van der Waals surface area contributed by atoms with Gasteiger partial charge in [-0.1, -0.05) is 11.6 Å². The number of fused-ring (bicyclic) bond motifs is 3. The van der Waals surface area contributed by atoms with Crippen LogP contribution in [0.2, 0.25) is 5.02 Å². The van der Waals surface area contributed by atoms with E-state index in [-0.39, 0.29) is 23.8 Å². The van der Waals surface area contributed by atoms with Crippen molar-refractivity contribution in [3.05, 3.63) is 57.2 Å². The number of aryl methyl sites for hydroxylation is 2. The van der Waals surface area contributed by atoms with Gasteiger partial charge in [0.25, 0.3) is 5.91 Å². The number of aromatic nitrogens is 3. The molecule has 1 aromatic carbocycles. The summed E-state index contributed by atoms with van der Waals surface area (Å²) in [5.41, 5.74) is 4.26. The van der Waals surface area contributed by atoms with Crippen molar-refractivity contribution in [3.63, 3.8) is 0 Å². The van der Waals surface area contributed by atoms with Gasteiger partial charge in [-0.15, -0.1) is 0 Å². The SMILES string of the molecule is COC[C@@H]1C[C@H](Oc2cc(F)ccc2C(=O)N2Cc3nn4c(C)c(Cl)c(C)nc4c3C2)CN1. The second-order valence-electron chi connectivity index (χ2n) is 8.60. The molecule has 2 atom stereocenters. The third kappa shape index (κ3) is 3.94. The Balaban J connectivity index is 1.38. The second-order valence-corrected chi connectivity index (χ2v) is 8.97. The first-order valence-corrected chi connectivity index (χ1v) is 11.2. The number of methoxy groups -OCH3 is 1. The Morgan fingerprint density at radius 3 is 2.94 bits per heavy atom. The highest BCUT2D eigenvalue weighted by molar-refractivity contribution is 6.31. The topological polar surface area (TPSA) is 81.0 Å². The van der Waals surface area contributed by atoms with Gasteiger partial charge in [0.15, 0.2) is 5.65 Å². The Labute approximate surface area is 195 Å². The smallest absolute Gasteiger partial charge is 0.258 e. The van der Waals surface area contributed by atoms with Gasteiger partial charge in [0.1, 0.15) is 17.7 Å². The van der Waals surface area contributed by atoms with Gasteiger partial charge in [-0.2, -0.15) is 5.10 Å². The van der Waals surface area contributed by atoms with Crippen molar-refractivity contribution in [3.8, 4) is 5.75 Å². The first kappa shape index (κ1) is 22.1. The van der Waals surface area contributed by atoms with Gasteiger partial charge in [0.2, 0.25) is 0 Å². The molecule has 0 spiro atoms. The molecule has 2 aliphatic heterocycles. The van der Waals surface area contributed by atoms with Crippen molar-refractivity contribution < 1.29 is 18.7 Å². The Morgan fingerprint density at radius 2 is 2.15 bits per heavy atom. The Morgan fingerprint density at radius 1 is 1.33 bits per heavy atom. The van der Waals surface area contributed by atoms with E-state index in [0.29, 0.717) is 42.5 Å². The van der Waals surface area contributed by atoms with Crippen molar-refractivity contribution in [2.75, 3.05) is 20.3 Å².